The van der Waals surface area contributed by atoms with Crippen LogP contribution in [0.15, 0.2) is 18.2 Å². The molecule has 0 amide bonds. The van der Waals surface area contributed by atoms with Crippen molar-refractivity contribution in [2.24, 2.45) is 0 Å². The molecule has 0 saturated carbocycles. The van der Waals surface area contributed by atoms with Crippen LogP contribution in [0.3, 0.4) is 0 Å². The number of piperidine rings is 1. The number of nitrogens with zero attached hydrogens (tertiary/aromatic N) is 2. The third-order valence-electron chi connectivity index (χ3n) is 5.01. The van der Waals surface area contributed by atoms with Crippen molar-refractivity contribution in [1.29, 1.82) is 0 Å². The number of hydrogen-bond acceptors (Lipinski definition) is 3. The van der Waals surface area contributed by atoms with Crippen molar-refractivity contribution in [3.8, 4) is 0 Å². The zero-order valence-corrected chi connectivity index (χ0v) is 12.6. The molecule has 4 rings (SSSR count). The Kier molecular flexibility index (Phi) is 3.21. The van der Waals surface area contributed by atoms with Crippen molar-refractivity contribution in [1.82, 2.24) is 4.98 Å². The molecular formula is C18H23N3. The van der Waals surface area contributed by atoms with Crippen LogP contribution in [0.4, 0.5) is 11.4 Å². The zero-order valence-electron chi connectivity index (χ0n) is 12.6. The molecule has 0 atom stereocenters. The lowest BCUT2D eigenvalue weighted by atomic mass is 9.93. The summed E-state index contributed by atoms with van der Waals surface area (Å²) >= 11 is 0. The van der Waals surface area contributed by atoms with E-state index >= 15 is 0 Å². The highest BCUT2D eigenvalue weighted by Gasteiger charge is 2.18. The molecule has 1 aromatic heterocycles. The summed E-state index contributed by atoms with van der Waals surface area (Å²) in [6.45, 7) is 2.34. The molecule has 2 N–H and O–H groups in total. The van der Waals surface area contributed by atoms with E-state index < -0.39 is 0 Å². The molecule has 1 fully saturated rings. The van der Waals surface area contributed by atoms with E-state index in [9.17, 15) is 0 Å². The minimum absolute atomic E-state index is 0.980. The van der Waals surface area contributed by atoms with Gasteiger partial charge in [-0.1, -0.05) is 0 Å². The Bertz CT molecular complexity index is 672. The number of anilines is 2. The Hall–Kier alpha value is -1.77. The van der Waals surface area contributed by atoms with Gasteiger partial charge in [0, 0.05) is 35.5 Å². The van der Waals surface area contributed by atoms with Crippen LogP contribution in [0.25, 0.3) is 10.9 Å². The van der Waals surface area contributed by atoms with Gasteiger partial charge < -0.3 is 10.6 Å². The molecule has 0 radical (unpaired) electrons. The van der Waals surface area contributed by atoms with Gasteiger partial charge >= 0.3 is 0 Å². The predicted molar refractivity (Wildman–Crippen MR) is 88.9 cm³/mol. The smallest absolute Gasteiger partial charge is 0.0727 e. The monoisotopic (exact) mass is 281 g/mol. The van der Waals surface area contributed by atoms with Crippen LogP contribution >= 0.6 is 0 Å². The van der Waals surface area contributed by atoms with E-state index in [1.807, 2.05) is 0 Å². The molecule has 0 bridgehead atoms. The Morgan fingerprint density at radius 3 is 2.62 bits per heavy atom. The summed E-state index contributed by atoms with van der Waals surface area (Å²) in [4.78, 5) is 7.35. The van der Waals surface area contributed by atoms with Gasteiger partial charge in [-0.15, -0.1) is 0 Å². The Morgan fingerprint density at radius 1 is 0.952 bits per heavy atom. The van der Waals surface area contributed by atoms with Crippen LogP contribution in [0.2, 0.25) is 0 Å². The summed E-state index contributed by atoms with van der Waals surface area (Å²) in [5, 5.41) is 1.15. The quantitative estimate of drug-likeness (QED) is 0.867. The number of nitrogens with two attached hydrogens (primary N) is 1. The molecule has 2 heterocycles. The SMILES string of the molecule is Nc1c2c(nc3ccc(N4CCCCC4)cc13)CCCC2. The largest absolute Gasteiger partial charge is 0.398 e. The molecule has 2 aliphatic rings. The lowest BCUT2D eigenvalue weighted by molar-refractivity contribution is 0.578. The van der Waals surface area contributed by atoms with E-state index in [-0.39, 0.29) is 0 Å². The molecule has 0 spiro atoms. The molecule has 1 aromatic carbocycles. The molecule has 1 saturated heterocycles. The maximum atomic E-state index is 6.48. The third-order valence-corrected chi connectivity index (χ3v) is 5.01. The molecule has 21 heavy (non-hydrogen) atoms. The highest BCUT2D eigenvalue weighted by atomic mass is 15.1. The highest BCUT2D eigenvalue weighted by molar-refractivity contribution is 5.94. The maximum Gasteiger partial charge on any atom is 0.0727 e. The van der Waals surface area contributed by atoms with Gasteiger partial charge in [-0.25, -0.2) is 0 Å². The first-order valence-electron chi connectivity index (χ1n) is 8.29. The fourth-order valence-corrected chi connectivity index (χ4v) is 3.80. The topological polar surface area (TPSA) is 42.1 Å². The molecule has 1 aliphatic carbocycles. The van der Waals surface area contributed by atoms with Crippen molar-refractivity contribution in [3.05, 3.63) is 29.5 Å². The Balaban J connectivity index is 1.81. The average Bonchev–Trinajstić information content (AvgIpc) is 2.56. The normalized spacial score (nSPS) is 18.8. The molecular weight excluding hydrogens is 258 g/mol. The molecule has 2 aromatic rings. The summed E-state index contributed by atoms with van der Waals surface area (Å²) in [5.41, 5.74) is 12.4. The van der Waals surface area contributed by atoms with Crippen molar-refractivity contribution in [2.45, 2.75) is 44.9 Å². The second-order valence-electron chi connectivity index (χ2n) is 6.41. The number of benzene rings is 1. The number of nitrogen functional groups attached to an aromatic ring is 1. The van der Waals surface area contributed by atoms with Gasteiger partial charge in [0.1, 0.15) is 0 Å². The zero-order chi connectivity index (χ0) is 14.2. The highest BCUT2D eigenvalue weighted by Crippen LogP contribution is 2.33. The molecule has 110 valence electrons. The van der Waals surface area contributed by atoms with Crippen LogP contribution in [-0.2, 0) is 12.8 Å². The number of aromatic nitrogens is 1. The van der Waals surface area contributed by atoms with Crippen molar-refractivity contribution in [3.63, 3.8) is 0 Å². The number of aryl methyl sites for hydroxylation is 1. The minimum atomic E-state index is 0.980. The van der Waals surface area contributed by atoms with E-state index in [1.165, 1.54) is 62.1 Å². The molecule has 3 heteroatoms. The standard InChI is InChI=1S/C18H23N3/c19-18-14-6-2-3-7-16(14)20-17-9-8-13(12-15(17)18)21-10-4-1-5-11-21/h8-9,12H,1-7,10-11H2,(H2,19,20). The second-order valence-corrected chi connectivity index (χ2v) is 6.41. The third kappa shape index (κ3) is 2.25. The number of hydrogen-bond donors (Lipinski definition) is 1. The summed E-state index contributed by atoms with van der Waals surface area (Å²) in [6, 6.07) is 6.64. The van der Waals surface area contributed by atoms with Gasteiger partial charge in [-0.2, -0.15) is 0 Å². The second kappa shape index (κ2) is 5.21. The fourth-order valence-electron chi connectivity index (χ4n) is 3.80. The average molecular weight is 281 g/mol. The predicted octanol–water partition coefficient (Wildman–Crippen LogP) is 3.69. The van der Waals surface area contributed by atoms with Crippen LogP contribution < -0.4 is 10.6 Å². The van der Waals surface area contributed by atoms with Crippen LogP contribution in [0, 0.1) is 0 Å². The summed E-state index contributed by atoms with van der Waals surface area (Å²) in [7, 11) is 0. The van der Waals surface area contributed by atoms with Gasteiger partial charge in [-0.3, -0.25) is 4.98 Å². The molecule has 0 unspecified atom stereocenters. The van der Waals surface area contributed by atoms with E-state index in [0.29, 0.717) is 0 Å². The maximum absolute atomic E-state index is 6.48. The summed E-state index contributed by atoms with van der Waals surface area (Å²) in [6.07, 6.45) is 8.64. The molecule has 1 aliphatic heterocycles. The van der Waals surface area contributed by atoms with Crippen molar-refractivity contribution < 1.29 is 0 Å². The Morgan fingerprint density at radius 2 is 1.76 bits per heavy atom. The van der Waals surface area contributed by atoms with E-state index in [0.717, 1.165) is 29.4 Å². The fraction of sp³-hybridized carbons (Fsp3) is 0.500. The first-order chi connectivity index (χ1) is 10.3. The van der Waals surface area contributed by atoms with Crippen LogP contribution in [0.1, 0.15) is 43.4 Å². The van der Waals surface area contributed by atoms with Gasteiger partial charge in [0.25, 0.3) is 0 Å². The first kappa shape index (κ1) is 12.9. The van der Waals surface area contributed by atoms with E-state index in [2.05, 4.69) is 23.1 Å². The van der Waals surface area contributed by atoms with Gasteiger partial charge in [0.05, 0.1) is 5.52 Å². The van der Waals surface area contributed by atoms with Gasteiger partial charge in [-0.05, 0) is 68.7 Å². The summed E-state index contributed by atoms with van der Waals surface area (Å²) in [5.74, 6) is 0. The van der Waals surface area contributed by atoms with E-state index in [4.69, 9.17) is 10.7 Å². The summed E-state index contributed by atoms with van der Waals surface area (Å²) < 4.78 is 0. The van der Waals surface area contributed by atoms with Gasteiger partial charge in [0.2, 0.25) is 0 Å². The minimum Gasteiger partial charge on any atom is -0.398 e. The van der Waals surface area contributed by atoms with Crippen molar-refractivity contribution in [2.75, 3.05) is 23.7 Å². The number of rotatable bonds is 1. The van der Waals surface area contributed by atoms with Crippen LogP contribution in [-0.4, -0.2) is 18.1 Å². The number of pyridine rings is 1. The Labute approximate surface area is 126 Å². The van der Waals surface area contributed by atoms with E-state index in [1.54, 1.807) is 0 Å². The molecule has 3 nitrogen and oxygen atoms in total. The van der Waals surface area contributed by atoms with Gasteiger partial charge in [0.15, 0.2) is 0 Å². The first-order valence-corrected chi connectivity index (χ1v) is 8.29. The lowest BCUT2D eigenvalue weighted by Crippen LogP contribution is -2.29. The van der Waals surface area contributed by atoms with Crippen LogP contribution in [0.5, 0.6) is 0 Å². The number of fused-ring (bicyclic) bond motifs is 2. The lowest BCUT2D eigenvalue weighted by Gasteiger charge is -2.29. The van der Waals surface area contributed by atoms with Crippen molar-refractivity contribution >= 4 is 22.3 Å².